The van der Waals surface area contributed by atoms with Crippen LogP contribution in [0.5, 0.6) is 0 Å². The third-order valence-electron chi connectivity index (χ3n) is 2.94. The highest BCUT2D eigenvalue weighted by Crippen LogP contribution is 2.19. The zero-order valence-electron chi connectivity index (χ0n) is 11.7. The van der Waals surface area contributed by atoms with Crippen molar-refractivity contribution in [3.8, 4) is 0 Å². The number of carboxylic acid groups (broad SMARTS) is 5. The second-order valence-corrected chi connectivity index (χ2v) is 4.48. The van der Waals surface area contributed by atoms with Gasteiger partial charge in [-0.15, -0.1) is 0 Å². The van der Waals surface area contributed by atoms with E-state index in [1.54, 1.807) is 0 Å². The van der Waals surface area contributed by atoms with Crippen LogP contribution in [-0.2, 0) is 24.0 Å². The number of hydrogen-bond acceptors (Lipinski definition) is 7. The molecule has 0 aromatic heterocycles. The Balaban J connectivity index is 6.13. The average Bonchev–Trinajstić information content (AvgIpc) is 2.39. The fraction of sp³-hybridized carbons (Fsp3) is 0.545. The molecule has 3 unspecified atom stereocenters. The standard InChI is InChI=1S/C11H15NO11/c1-3(8(16)17)12(4(9(18)19)2-5(13)14)6(10(20)21)7(15)11(22)23/h3-4,6-7,15H,2H2,1H3,(H,13,14)(H,16,17)(H,18,19)(H,20,21)(H,22,23)/t3-,4?,6?,7?/m0/s1. The maximum absolute atomic E-state index is 11.2. The van der Waals surface area contributed by atoms with E-state index in [1.165, 1.54) is 0 Å². The number of carboxylic acids is 5. The van der Waals surface area contributed by atoms with Crippen LogP contribution in [0.1, 0.15) is 13.3 Å². The van der Waals surface area contributed by atoms with Gasteiger partial charge in [-0.3, -0.25) is 24.1 Å². The van der Waals surface area contributed by atoms with Gasteiger partial charge in [0.15, 0.2) is 6.10 Å². The molecule has 6 N–H and O–H groups in total. The summed E-state index contributed by atoms with van der Waals surface area (Å²) in [7, 11) is 0. The fourth-order valence-electron chi connectivity index (χ4n) is 1.88. The Morgan fingerprint density at radius 2 is 1.30 bits per heavy atom. The molecular weight excluding hydrogens is 322 g/mol. The Morgan fingerprint density at radius 3 is 1.57 bits per heavy atom. The van der Waals surface area contributed by atoms with E-state index in [4.69, 9.17) is 25.5 Å². The van der Waals surface area contributed by atoms with Gasteiger partial charge < -0.3 is 30.6 Å². The van der Waals surface area contributed by atoms with E-state index in [2.05, 4.69) is 0 Å². The number of aliphatic hydroxyl groups excluding tert-OH is 1. The lowest BCUT2D eigenvalue weighted by molar-refractivity contribution is -0.172. The van der Waals surface area contributed by atoms with Gasteiger partial charge in [0.25, 0.3) is 0 Å². The lowest BCUT2D eigenvalue weighted by atomic mass is 10.0. The molecule has 0 saturated carbocycles. The molecule has 0 radical (unpaired) electrons. The minimum absolute atomic E-state index is 0.125. The Labute approximate surface area is 128 Å². The van der Waals surface area contributed by atoms with E-state index in [0.717, 1.165) is 6.92 Å². The molecule has 0 aromatic rings. The molecule has 0 heterocycles. The molecule has 12 nitrogen and oxygen atoms in total. The SMILES string of the molecule is C[C@@H](C(=O)O)N(C(CC(=O)O)C(=O)O)C(C(=O)O)C(O)C(=O)O. The highest BCUT2D eigenvalue weighted by Gasteiger charge is 2.47. The third-order valence-corrected chi connectivity index (χ3v) is 2.94. The van der Waals surface area contributed by atoms with Gasteiger partial charge in [0.2, 0.25) is 0 Å². The van der Waals surface area contributed by atoms with Crippen molar-refractivity contribution in [2.45, 2.75) is 37.6 Å². The first-order valence-electron chi connectivity index (χ1n) is 6.00. The minimum Gasteiger partial charge on any atom is -0.481 e. The van der Waals surface area contributed by atoms with Crippen molar-refractivity contribution in [1.29, 1.82) is 0 Å². The van der Waals surface area contributed by atoms with Crippen molar-refractivity contribution < 1.29 is 54.6 Å². The largest absolute Gasteiger partial charge is 0.481 e. The van der Waals surface area contributed by atoms with E-state index in [1.807, 2.05) is 0 Å². The number of rotatable bonds is 10. The molecule has 12 heteroatoms. The number of aliphatic carboxylic acids is 5. The van der Waals surface area contributed by atoms with Gasteiger partial charge in [0.1, 0.15) is 18.1 Å². The zero-order chi connectivity index (χ0) is 18.5. The maximum atomic E-state index is 11.2. The summed E-state index contributed by atoms with van der Waals surface area (Å²) in [5.74, 6) is -9.37. The first-order valence-corrected chi connectivity index (χ1v) is 6.00. The molecule has 130 valence electrons. The van der Waals surface area contributed by atoms with Crippen LogP contribution in [0.25, 0.3) is 0 Å². The van der Waals surface area contributed by atoms with Crippen molar-refractivity contribution in [2.24, 2.45) is 0 Å². The molecule has 0 spiro atoms. The predicted octanol–water partition coefficient (Wildman–Crippen LogP) is -2.41. The van der Waals surface area contributed by atoms with E-state index in [-0.39, 0.29) is 4.90 Å². The molecule has 0 bridgehead atoms. The molecule has 0 fully saturated rings. The van der Waals surface area contributed by atoms with E-state index in [0.29, 0.717) is 0 Å². The van der Waals surface area contributed by atoms with E-state index >= 15 is 0 Å². The summed E-state index contributed by atoms with van der Waals surface area (Å²) in [6.45, 7) is 0.838. The fourth-order valence-corrected chi connectivity index (χ4v) is 1.88. The molecule has 0 rings (SSSR count). The van der Waals surface area contributed by atoms with Crippen LogP contribution in [-0.4, -0.2) is 89.6 Å². The van der Waals surface area contributed by atoms with Crippen LogP contribution in [0, 0.1) is 0 Å². The highest BCUT2D eigenvalue weighted by atomic mass is 16.4. The number of aliphatic hydroxyl groups is 1. The van der Waals surface area contributed by atoms with E-state index in [9.17, 15) is 29.1 Å². The second kappa shape index (κ2) is 8.05. The molecule has 0 saturated heterocycles. The Morgan fingerprint density at radius 1 is 0.826 bits per heavy atom. The molecule has 0 amide bonds. The van der Waals surface area contributed by atoms with Crippen molar-refractivity contribution >= 4 is 29.8 Å². The van der Waals surface area contributed by atoms with Gasteiger partial charge in [-0.05, 0) is 6.92 Å². The van der Waals surface area contributed by atoms with Crippen LogP contribution in [0.15, 0.2) is 0 Å². The van der Waals surface area contributed by atoms with Gasteiger partial charge in [-0.25, -0.2) is 4.79 Å². The minimum atomic E-state index is -2.68. The van der Waals surface area contributed by atoms with Crippen LogP contribution in [0.2, 0.25) is 0 Å². The molecular formula is C11H15NO11. The topological polar surface area (TPSA) is 210 Å². The second-order valence-electron chi connectivity index (χ2n) is 4.48. The van der Waals surface area contributed by atoms with Crippen molar-refractivity contribution in [2.75, 3.05) is 0 Å². The summed E-state index contributed by atoms with van der Waals surface area (Å²) in [5, 5.41) is 54.0. The Kier molecular flexibility index (Phi) is 7.09. The maximum Gasteiger partial charge on any atom is 0.334 e. The van der Waals surface area contributed by atoms with Crippen LogP contribution >= 0.6 is 0 Å². The van der Waals surface area contributed by atoms with Crippen LogP contribution < -0.4 is 0 Å². The molecule has 23 heavy (non-hydrogen) atoms. The Bertz CT molecular complexity index is 516. The summed E-state index contributed by atoms with van der Waals surface area (Å²) in [5.41, 5.74) is 0. The number of nitrogens with zero attached hydrogens (tertiary/aromatic N) is 1. The molecule has 0 aliphatic heterocycles. The van der Waals surface area contributed by atoms with Crippen molar-refractivity contribution in [1.82, 2.24) is 4.90 Å². The number of hydrogen-bond donors (Lipinski definition) is 6. The van der Waals surface area contributed by atoms with Gasteiger partial charge in [-0.1, -0.05) is 0 Å². The van der Waals surface area contributed by atoms with Gasteiger partial charge in [-0.2, -0.15) is 0 Å². The quantitative estimate of drug-likeness (QED) is 0.246. The van der Waals surface area contributed by atoms with Crippen molar-refractivity contribution in [3.05, 3.63) is 0 Å². The lowest BCUT2D eigenvalue weighted by Gasteiger charge is -2.36. The van der Waals surface area contributed by atoms with E-state index < -0.39 is 60.5 Å². The average molecular weight is 337 g/mol. The summed E-state index contributed by atoms with van der Waals surface area (Å²) in [6.07, 6.45) is -3.88. The molecule has 4 atom stereocenters. The first kappa shape index (κ1) is 20.3. The molecule has 0 aliphatic carbocycles. The van der Waals surface area contributed by atoms with Crippen LogP contribution in [0.3, 0.4) is 0 Å². The summed E-state index contributed by atoms with van der Waals surface area (Å²) < 4.78 is 0. The van der Waals surface area contributed by atoms with Crippen LogP contribution in [0.4, 0.5) is 0 Å². The predicted molar refractivity (Wildman–Crippen MR) is 67.7 cm³/mol. The molecule has 0 aromatic carbocycles. The summed E-state index contributed by atoms with van der Waals surface area (Å²) >= 11 is 0. The highest BCUT2D eigenvalue weighted by molar-refractivity contribution is 5.88. The smallest absolute Gasteiger partial charge is 0.334 e. The normalized spacial score (nSPS) is 16.1. The van der Waals surface area contributed by atoms with Gasteiger partial charge >= 0.3 is 29.8 Å². The Hall–Kier alpha value is -2.73. The third kappa shape index (κ3) is 5.19. The number of carbonyl (C=O) groups is 5. The van der Waals surface area contributed by atoms with Crippen molar-refractivity contribution in [3.63, 3.8) is 0 Å². The summed E-state index contributed by atoms with van der Waals surface area (Å²) in [4.78, 5) is 55.2. The monoisotopic (exact) mass is 337 g/mol. The lowest BCUT2D eigenvalue weighted by Crippen LogP contribution is -2.62. The van der Waals surface area contributed by atoms with Gasteiger partial charge in [0, 0.05) is 0 Å². The summed E-state index contributed by atoms with van der Waals surface area (Å²) in [6, 6.07) is -6.57. The first-order chi connectivity index (χ1) is 10.4. The zero-order valence-corrected chi connectivity index (χ0v) is 11.7. The van der Waals surface area contributed by atoms with Gasteiger partial charge in [0.05, 0.1) is 6.42 Å². The molecule has 0 aliphatic rings.